The number of rotatable bonds is 3. The van der Waals surface area contributed by atoms with Gasteiger partial charge in [-0.3, -0.25) is 0 Å². The molecule has 1 fully saturated rings. The second-order valence-electron chi connectivity index (χ2n) is 4.16. The molecular weight excluding hydrogens is 229 g/mol. The van der Waals surface area contributed by atoms with E-state index in [1.807, 2.05) is 0 Å². The van der Waals surface area contributed by atoms with Crippen LogP contribution in [0.4, 0.5) is 4.39 Å². The fraction of sp³-hybridized carbons (Fsp3) is 0.500. The maximum atomic E-state index is 13.6. The Morgan fingerprint density at radius 1 is 1.56 bits per heavy atom. The molecule has 88 valence electrons. The highest BCUT2D eigenvalue weighted by molar-refractivity contribution is 6.32. The molecule has 1 N–H and O–H groups in total. The molecule has 2 nitrogen and oxygen atoms in total. The molecule has 1 aliphatic rings. The van der Waals surface area contributed by atoms with Gasteiger partial charge >= 0.3 is 0 Å². The van der Waals surface area contributed by atoms with Crippen LogP contribution in [-0.2, 0) is 6.42 Å². The van der Waals surface area contributed by atoms with E-state index in [0.29, 0.717) is 10.9 Å². The summed E-state index contributed by atoms with van der Waals surface area (Å²) in [6.45, 7) is 2.06. The molecule has 1 aromatic carbocycles. The normalized spacial score (nSPS) is 20.1. The number of halogens is 2. The van der Waals surface area contributed by atoms with Crippen molar-refractivity contribution in [3.8, 4) is 5.75 Å². The molecule has 0 radical (unpaired) electrons. The Morgan fingerprint density at radius 2 is 2.38 bits per heavy atom. The van der Waals surface area contributed by atoms with Crippen molar-refractivity contribution in [2.24, 2.45) is 5.92 Å². The summed E-state index contributed by atoms with van der Waals surface area (Å²) in [6.07, 6.45) is 2.01. The van der Waals surface area contributed by atoms with Crippen LogP contribution in [0.15, 0.2) is 12.1 Å². The van der Waals surface area contributed by atoms with Crippen molar-refractivity contribution in [3.05, 3.63) is 28.5 Å². The second kappa shape index (κ2) is 5.02. The molecule has 16 heavy (non-hydrogen) atoms. The monoisotopic (exact) mass is 243 g/mol. The predicted molar refractivity (Wildman–Crippen MR) is 62.6 cm³/mol. The summed E-state index contributed by atoms with van der Waals surface area (Å²) in [5, 5.41) is 3.64. The fourth-order valence-corrected chi connectivity index (χ4v) is 2.45. The molecule has 1 atom stereocenters. The van der Waals surface area contributed by atoms with Gasteiger partial charge in [0.1, 0.15) is 0 Å². The van der Waals surface area contributed by atoms with Crippen LogP contribution < -0.4 is 10.1 Å². The van der Waals surface area contributed by atoms with Crippen LogP contribution in [-0.4, -0.2) is 20.2 Å². The number of hydrogen-bond acceptors (Lipinski definition) is 2. The molecule has 0 amide bonds. The second-order valence-corrected chi connectivity index (χ2v) is 4.56. The quantitative estimate of drug-likeness (QED) is 0.881. The molecule has 0 bridgehead atoms. The Bertz CT molecular complexity index is 354. The van der Waals surface area contributed by atoms with Crippen LogP contribution in [0.5, 0.6) is 5.75 Å². The molecule has 0 aliphatic carbocycles. The van der Waals surface area contributed by atoms with Gasteiger partial charge in [0.2, 0.25) is 0 Å². The molecule has 0 spiro atoms. The van der Waals surface area contributed by atoms with Gasteiger partial charge in [0.15, 0.2) is 11.6 Å². The summed E-state index contributed by atoms with van der Waals surface area (Å²) in [4.78, 5) is 0. The van der Waals surface area contributed by atoms with Crippen molar-refractivity contribution in [1.82, 2.24) is 5.32 Å². The van der Waals surface area contributed by atoms with E-state index >= 15 is 0 Å². The minimum absolute atomic E-state index is 0.134. The highest BCUT2D eigenvalue weighted by atomic mass is 35.5. The van der Waals surface area contributed by atoms with Crippen LogP contribution in [0.1, 0.15) is 12.0 Å². The summed E-state index contributed by atoms with van der Waals surface area (Å²) in [5.41, 5.74) is 0.942. The van der Waals surface area contributed by atoms with Crippen LogP contribution in [0.25, 0.3) is 0 Å². The lowest BCUT2D eigenvalue weighted by Crippen LogP contribution is -2.11. The predicted octanol–water partition coefficient (Wildman–Crippen LogP) is 2.64. The van der Waals surface area contributed by atoms with Crippen molar-refractivity contribution in [2.45, 2.75) is 12.8 Å². The van der Waals surface area contributed by atoms with E-state index in [2.05, 4.69) is 5.32 Å². The molecule has 1 saturated heterocycles. The summed E-state index contributed by atoms with van der Waals surface area (Å²) < 4.78 is 18.4. The van der Waals surface area contributed by atoms with Gasteiger partial charge in [0, 0.05) is 0 Å². The summed E-state index contributed by atoms with van der Waals surface area (Å²) >= 11 is 5.94. The molecular formula is C12H15ClFNO. The highest BCUT2D eigenvalue weighted by Gasteiger charge is 2.17. The molecule has 0 aromatic heterocycles. The van der Waals surface area contributed by atoms with E-state index in [1.165, 1.54) is 13.2 Å². The van der Waals surface area contributed by atoms with E-state index in [4.69, 9.17) is 16.3 Å². The standard InChI is InChI=1S/C12H15ClFNO/c1-16-12-10(13)5-9(6-11(12)14)4-8-2-3-15-7-8/h5-6,8,15H,2-4,7H2,1H3. The highest BCUT2D eigenvalue weighted by Crippen LogP contribution is 2.30. The van der Waals surface area contributed by atoms with Crippen molar-refractivity contribution in [3.63, 3.8) is 0 Å². The Labute approximate surface area is 99.7 Å². The van der Waals surface area contributed by atoms with Gasteiger partial charge in [-0.05, 0) is 49.5 Å². The van der Waals surface area contributed by atoms with Crippen molar-refractivity contribution in [1.29, 1.82) is 0 Å². The molecule has 0 saturated carbocycles. The molecule has 4 heteroatoms. The first-order valence-corrected chi connectivity index (χ1v) is 5.81. The summed E-state index contributed by atoms with van der Waals surface area (Å²) in [6, 6.07) is 3.31. The molecule has 1 heterocycles. The zero-order chi connectivity index (χ0) is 11.5. The Balaban J connectivity index is 2.15. The first-order valence-electron chi connectivity index (χ1n) is 5.43. The first kappa shape index (κ1) is 11.7. The van der Waals surface area contributed by atoms with Gasteiger partial charge in [-0.1, -0.05) is 11.6 Å². The number of nitrogens with one attached hydrogen (secondary N) is 1. The third-order valence-electron chi connectivity index (χ3n) is 2.95. The molecule has 2 rings (SSSR count). The smallest absolute Gasteiger partial charge is 0.173 e. The first-order chi connectivity index (χ1) is 7.70. The van der Waals surface area contributed by atoms with Gasteiger partial charge in [0.25, 0.3) is 0 Å². The van der Waals surface area contributed by atoms with Crippen molar-refractivity contribution >= 4 is 11.6 Å². The minimum atomic E-state index is -0.379. The Morgan fingerprint density at radius 3 is 2.94 bits per heavy atom. The fourth-order valence-electron chi connectivity index (χ4n) is 2.15. The third kappa shape index (κ3) is 2.47. The van der Waals surface area contributed by atoms with Crippen LogP contribution >= 0.6 is 11.6 Å². The maximum Gasteiger partial charge on any atom is 0.173 e. The molecule has 1 aromatic rings. The van der Waals surface area contributed by atoms with E-state index < -0.39 is 0 Å². The zero-order valence-corrected chi connectivity index (χ0v) is 9.98. The zero-order valence-electron chi connectivity index (χ0n) is 9.22. The van der Waals surface area contributed by atoms with Gasteiger partial charge in [-0.15, -0.1) is 0 Å². The van der Waals surface area contributed by atoms with Gasteiger partial charge < -0.3 is 10.1 Å². The Kier molecular flexibility index (Phi) is 3.66. The van der Waals surface area contributed by atoms with E-state index in [-0.39, 0.29) is 11.6 Å². The Hall–Kier alpha value is -0.800. The lowest BCUT2D eigenvalue weighted by Gasteiger charge is -2.11. The molecule has 1 aliphatic heterocycles. The topological polar surface area (TPSA) is 21.3 Å². The largest absolute Gasteiger partial charge is 0.492 e. The number of methoxy groups -OCH3 is 1. The van der Waals surface area contributed by atoms with E-state index in [9.17, 15) is 4.39 Å². The number of benzene rings is 1. The summed E-state index contributed by atoms with van der Waals surface area (Å²) in [5.74, 6) is 0.342. The van der Waals surface area contributed by atoms with Crippen LogP contribution in [0.3, 0.4) is 0 Å². The minimum Gasteiger partial charge on any atom is -0.492 e. The third-order valence-corrected chi connectivity index (χ3v) is 3.23. The SMILES string of the molecule is COc1c(F)cc(CC2CCNC2)cc1Cl. The average Bonchev–Trinajstić information content (AvgIpc) is 2.70. The van der Waals surface area contributed by atoms with E-state index in [1.54, 1.807) is 6.07 Å². The van der Waals surface area contributed by atoms with Gasteiger partial charge in [0.05, 0.1) is 12.1 Å². The number of hydrogen-bond donors (Lipinski definition) is 1. The van der Waals surface area contributed by atoms with Crippen molar-refractivity contribution in [2.75, 3.05) is 20.2 Å². The van der Waals surface area contributed by atoms with Crippen LogP contribution in [0, 0.1) is 11.7 Å². The lowest BCUT2D eigenvalue weighted by molar-refractivity contribution is 0.386. The maximum absolute atomic E-state index is 13.6. The van der Waals surface area contributed by atoms with Crippen LogP contribution in [0.2, 0.25) is 5.02 Å². The number of ether oxygens (including phenoxy) is 1. The van der Waals surface area contributed by atoms with Gasteiger partial charge in [-0.2, -0.15) is 0 Å². The lowest BCUT2D eigenvalue weighted by atomic mass is 9.98. The van der Waals surface area contributed by atoms with Crippen molar-refractivity contribution < 1.29 is 9.13 Å². The molecule has 1 unspecified atom stereocenters. The van der Waals surface area contributed by atoms with E-state index in [0.717, 1.165) is 31.5 Å². The average molecular weight is 244 g/mol. The summed E-state index contributed by atoms with van der Waals surface area (Å²) in [7, 11) is 1.42. The van der Waals surface area contributed by atoms with Gasteiger partial charge in [-0.25, -0.2) is 4.39 Å².